The number of aryl methyl sites for hydroxylation is 1. The number of nitrogens with zero attached hydrogens (tertiary/aromatic N) is 1. The molecule has 1 rings (SSSR count). The lowest BCUT2D eigenvalue weighted by atomic mass is 9.93. The minimum Gasteiger partial charge on any atom is -0.338 e. The van der Waals surface area contributed by atoms with Crippen LogP contribution >= 0.6 is 0 Å². The van der Waals surface area contributed by atoms with Gasteiger partial charge in [-0.3, -0.25) is 10.1 Å². The van der Waals surface area contributed by atoms with E-state index in [4.69, 9.17) is 10.3 Å². The molecule has 0 aromatic carbocycles. The monoisotopic (exact) mass is 211 g/mol. The quantitative estimate of drug-likeness (QED) is 0.789. The highest BCUT2D eigenvalue weighted by Gasteiger charge is 2.30. The van der Waals surface area contributed by atoms with E-state index in [1.165, 1.54) is 0 Å². The Labute approximate surface area is 89.0 Å². The van der Waals surface area contributed by atoms with Gasteiger partial charge in [0.25, 0.3) is 0 Å². The van der Waals surface area contributed by atoms with Crippen molar-refractivity contribution < 1.29 is 9.32 Å². The van der Waals surface area contributed by atoms with Crippen LogP contribution in [0, 0.1) is 6.92 Å². The van der Waals surface area contributed by atoms with Gasteiger partial charge in [0, 0.05) is 6.07 Å². The van der Waals surface area contributed by atoms with E-state index in [0.29, 0.717) is 18.7 Å². The molecule has 84 valence electrons. The summed E-state index contributed by atoms with van der Waals surface area (Å²) in [4.78, 5) is 11.8. The van der Waals surface area contributed by atoms with Crippen LogP contribution in [0.15, 0.2) is 10.6 Å². The molecule has 0 aliphatic rings. The van der Waals surface area contributed by atoms with E-state index in [1.807, 2.05) is 13.8 Å². The molecule has 15 heavy (non-hydrogen) atoms. The van der Waals surface area contributed by atoms with Gasteiger partial charge in [-0.1, -0.05) is 19.0 Å². The van der Waals surface area contributed by atoms with E-state index in [1.54, 1.807) is 13.0 Å². The maximum absolute atomic E-state index is 11.8. The Morgan fingerprint density at radius 2 is 2.20 bits per heavy atom. The highest BCUT2D eigenvalue weighted by molar-refractivity contribution is 5.96. The number of carbonyl (C=O) groups is 1. The largest absolute Gasteiger partial charge is 0.338 e. The number of rotatable bonds is 4. The van der Waals surface area contributed by atoms with Gasteiger partial charge >= 0.3 is 0 Å². The average Bonchev–Trinajstić information content (AvgIpc) is 2.62. The van der Waals surface area contributed by atoms with Gasteiger partial charge in [0.15, 0.2) is 0 Å². The van der Waals surface area contributed by atoms with Crippen molar-refractivity contribution in [3.63, 3.8) is 0 Å². The maximum atomic E-state index is 11.8. The predicted molar refractivity (Wildman–Crippen MR) is 57.4 cm³/mol. The number of anilines is 1. The summed E-state index contributed by atoms with van der Waals surface area (Å²) in [7, 11) is 0. The minimum atomic E-state index is -0.833. The summed E-state index contributed by atoms with van der Waals surface area (Å²) in [6.45, 7) is 5.55. The maximum Gasteiger partial charge on any atom is 0.246 e. The lowest BCUT2D eigenvalue weighted by Crippen LogP contribution is -2.50. The van der Waals surface area contributed by atoms with Crippen LogP contribution in [0.1, 0.15) is 32.4 Å². The molecule has 0 aliphatic heterocycles. The van der Waals surface area contributed by atoms with Crippen molar-refractivity contribution >= 4 is 11.8 Å². The van der Waals surface area contributed by atoms with Crippen molar-refractivity contribution in [1.29, 1.82) is 0 Å². The molecule has 0 unspecified atom stereocenters. The van der Waals surface area contributed by atoms with Crippen LogP contribution < -0.4 is 11.1 Å². The first kappa shape index (κ1) is 11.7. The molecular formula is C10H17N3O2. The molecule has 0 fully saturated rings. The molecule has 1 aromatic heterocycles. The summed E-state index contributed by atoms with van der Waals surface area (Å²) in [5.74, 6) is 0.109. The molecule has 0 aliphatic carbocycles. The topological polar surface area (TPSA) is 81.2 Å². The molecule has 0 spiro atoms. The number of amides is 1. The second-order valence-corrected chi connectivity index (χ2v) is 3.65. The van der Waals surface area contributed by atoms with Crippen molar-refractivity contribution in [3.05, 3.63) is 11.8 Å². The van der Waals surface area contributed by atoms with Gasteiger partial charge in [-0.25, -0.2) is 0 Å². The molecule has 0 bridgehead atoms. The Morgan fingerprint density at radius 1 is 1.60 bits per heavy atom. The van der Waals surface area contributed by atoms with Crippen LogP contribution in [0.2, 0.25) is 0 Å². The third-order valence-corrected chi connectivity index (χ3v) is 2.58. The van der Waals surface area contributed by atoms with Gasteiger partial charge in [0.2, 0.25) is 11.8 Å². The molecule has 0 atom stereocenters. The molecular weight excluding hydrogens is 194 g/mol. The molecule has 5 nitrogen and oxygen atoms in total. The third-order valence-electron chi connectivity index (χ3n) is 2.58. The van der Waals surface area contributed by atoms with Crippen molar-refractivity contribution in [3.8, 4) is 0 Å². The van der Waals surface area contributed by atoms with E-state index in [-0.39, 0.29) is 5.91 Å². The number of nitrogens with one attached hydrogen (secondary N) is 1. The van der Waals surface area contributed by atoms with Crippen molar-refractivity contribution in [1.82, 2.24) is 5.16 Å². The molecule has 5 heteroatoms. The van der Waals surface area contributed by atoms with Crippen LogP contribution in [-0.4, -0.2) is 16.6 Å². The summed E-state index contributed by atoms with van der Waals surface area (Å²) in [5.41, 5.74) is 5.81. The van der Waals surface area contributed by atoms with Crippen LogP contribution in [-0.2, 0) is 4.79 Å². The van der Waals surface area contributed by atoms with Crippen molar-refractivity contribution in [2.24, 2.45) is 5.73 Å². The second kappa shape index (κ2) is 4.44. The summed E-state index contributed by atoms with van der Waals surface area (Å²) in [5, 5.41) is 6.28. The number of carbonyl (C=O) groups excluding carboxylic acids is 1. The van der Waals surface area contributed by atoms with Crippen LogP contribution in [0.25, 0.3) is 0 Å². The van der Waals surface area contributed by atoms with Crippen molar-refractivity contribution in [2.45, 2.75) is 39.2 Å². The fourth-order valence-corrected chi connectivity index (χ4v) is 1.23. The molecule has 0 saturated heterocycles. The minimum absolute atomic E-state index is 0.233. The molecule has 3 N–H and O–H groups in total. The van der Waals surface area contributed by atoms with Crippen LogP contribution in [0.5, 0.6) is 0 Å². The van der Waals surface area contributed by atoms with Gasteiger partial charge in [-0.05, 0) is 19.8 Å². The Morgan fingerprint density at radius 3 is 2.60 bits per heavy atom. The predicted octanol–water partition coefficient (Wildman–Crippen LogP) is 1.44. The van der Waals surface area contributed by atoms with E-state index in [0.717, 1.165) is 5.69 Å². The van der Waals surface area contributed by atoms with Crippen molar-refractivity contribution in [2.75, 3.05) is 5.32 Å². The first-order chi connectivity index (χ1) is 7.01. The van der Waals surface area contributed by atoms with Gasteiger partial charge in [0.05, 0.1) is 11.2 Å². The first-order valence-electron chi connectivity index (χ1n) is 5.05. The van der Waals surface area contributed by atoms with E-state index in [2.05, 4.69) is 10.5 Å². The third kappa shape index (κ3) is 2.56. The molecule has 0 saturated carbocycles. The van der Waals surface area contributed by atoms with Gasteiger partial charge in [0.1, 0.15) is 0 Å². The zero-order valence-corrected chi connectivity index (χ0v) is 9.33. The van der Waals surface area contributed by atoms with Gasteiger partial charge < -0.3 is 10.3 Å². The molecule has 0 radical (unpaired) electrons. The molecule has 1 amide bonds. The lowest BCUT2D eigenvalue weighted by molar-refractivity contribution is -0.121. The molecule has 1 aromatic rings. The standard InChI is InChI=1S/C10H17N3O2/c1-4-10(11,5-2)9(14)12-8-6-7(3)13-15-8/h6H,4-5,11H2,1-3H3,(H,12,14). The first-order valence-corrected chi connectivity index (χ1v) is 5.05. The van der Waals surface area contributed by atoms with Crippen LogP contribution in [0.4, 0.5) is 5.88 Å². The highest BCUT2D eigenvalue weighted by atomic mass is 16.5. The average molecular weight is 211 g/mol. The van der Waals surface area contributed by atoms with E-state index in [9.17, 15) is 4.79 Å². The lowest BCUT2D eigenvalue weighted by Gasteiger charge is -2.24. The number of hydrogen-bond acceptors (Lipinski definition) is 4. The second-order valence-electron chi connectivity index (χ2n) is 3.65. The normalized spacial score (nSPS) is 11.5. The van der Waals surface area contributed by atoms with E-state index < -0.39 is 5.54 Å². The Kier molecular flexibility index (Phi) is 3.47. The zero-order valence-electron chi connectivity index (χ0n) is 9.33. The highest BCUT2D eigenvalue weighted by Crippen LogP contribution is 2.16. The summed E-state index contributed by atoms with van der Waals surface area (Å²) in [6.07, 6.45) is 1.17. The van der Waals surface area contributed by atoms with Crippen LogP contribution in [0.3, 0.4) is 0 Å². The number of nitrogens with two attached hydrogens (primary N) is 1. The zero-order chi connectivity index (χ0) is 11.5. The van der Waals surface area contributed by atoms with E-state index >= 15 is 0 Å². The summed E-state index contributed by atoms with van der Waals surface area (Å²) in [6, 6.07) is 1.66. The number of aromatic nitrogens is 1. The fourth-order valence-electron chi connectivity index (χ4n) is 1.23. The SMILES string of the molecule is CCC(N)(CC)C(=O)Nc1cc(C)no1. The Bertz CT molecular complexity index is 342. The Hall–Kier alpha value is -1.36. The Balaban J connectivity index is 2.70. The van der Waals surface area contributed by atoms with Gasteiger partial charge in [-0.15, -0.1) is 0 Å². The number of hydrogen-bond donors (Lipinski definition) is 2. The fraction of sp³-hybridized carbons (Fsp3) is 0.600. The smallest absolute Gasteiger partial charge is 0.246 e. The summed E-state index contributed by atoms with van der Waals surface area (Å²) < 4.78 is 4.88. The summed E-state index contributed by atoms with van der Waals surface area (Å²) >= 11 is 0. The molecule has 1 heterocycles. The van der Waals surface area contributed by atoms with Gasteiger partial charge in [-0.2, -0.15) is 0 Å².